The lowest BCUT2D eigenvalue weighted by Crippen LogP contribution is -2.25. The maximum absolute atomic E-state index is 6.82. The fourth-order valence-corrected chi connectivity index (χ4v) is 42.0. The van der Waals surface area contributed by atoms with Crippen LogP contribution in [0.3, 0.4) is 0 Å². The normalized spacial score (nSPS) is 22.5. The van der Waals surface area contributed by atoms with E-state index in [1.165, 1.54) is 8.88 Å². The van der Waals surface area contributed by atoms with Gasteiger partial charge in [-0.1, -0.05) is 72.8 Å². The minimum atomic E-state index is -2.71. The first-order valence-electron chi connectivity index (χ1n) is 10.3. The number of benzene rings is 4. The maximum atomic E-state index is 6.82. The summed E-state index contributed by atoms with van der Waals surface area (Å²) in [5, 5.41) is 2.10. The summed E-state index contributed by atoms with van der Waals surface area (Å²) < 4.78 is 13.6. The van der Waals surface area contributed by atoms with Crippen molar-refractivity contribution in [3.05, 3.63) is 97.1 Å². The maximum Gasteiger partial charge on any atom is 0.209 e. The number of para-hydroxylation sites is 2. The molecule has 0 aromatic heterocycles. The smallest absolute Gasteiger partial charge is 0.209 e. The summed E-state index contributed by atoms with van der Waals surface area (Å²) >= 11 is 18.5. The Hall–Kier alpha value is -1.21. The zero-order valence-electron chi connectivity index (χ0n) is 17.4. The van der Waals surface area contributed by atoms with E-state index in [1.807, 2.05) is 48.5 Å². The highest BCUT2D eigenvalue weighted by Crippen LogP contribution is 2.72. The summed E-state index contributed by atoms with van der Waals surface area (Å²) in [6.45, 7) is 0. The molecule has 4 aromatic rings. The standard InChI is InChI=1S/C24H16O2P2S6/c29-27(23-15-7-3-11-19(23)17-9-1-5-13-21(17)25-27)34(33-32-31)28(30)24-16-8-4-12-20(24)18-10-2-6-14-22(18)26-28/h1-16H. The molecule has 4 aromatic carbocycles. The Labute approximate surface area is 221 Å². The average molecular weight is 591 g/mol. The molecule has 0 bridgehead atoms. The number of hydrogen-bond acceptors (Lipinski definition) is 5. The predicted octanol–water partition coefficient (Wildman–Crippen LogP) is 6.45. The van der Waals surface area contributed by atoms with Gasteiger partial charge in [0.1, 0.15) is 11.5 Å². The van der Waals surface area contributed by atoms with Crippen LogP contribution < -0.4 is 19.7 Å². The summed E-state index contributed by atoms with van der Waals surface area (Å²) in [6.07, 6.45) is 0. The van der Waals surface area contributed by atoms with Gasteiger partial charge in [0.25, 0.3) is 0 Å². The highest BCUT2D eigenvalue weighted by molar-refractivity contribution is 9.07. The molecule has 0 fully saturated rings. The van der Waals surface area contributed by atoms with Gasteiger partial charge in [-0.05, 0) is 88.0 Å². The highest BCUT2D eigenvalue weighted by Gasteiger charge is 2.46. The third-order valence-electron chi connectivity index (χ3n) is 5.69. The van der Waals surface area contributed by atoms with Crippen LogP contribution in [0.15, 0.2) is 97.1 Å². The molecular formula is C24H16O2P2S6. The molecule has 10 heteroatoms. The van der Waals surface area contributed by atoms with Gasteiger partial charge in [0, 0.05) is 30.4 Å². The molecule has 170 valence electrons. The van der Waals surface area contributed by atoms with Crippen LogP contribution in [0.1, 0.15) is 0 Å². The van der Waals surface area contributed by atoms with Crippen molar-refractivity contribution in [1.82, 2.24) is 0 Å². The lowest BCUT2D eigenvalue weighted by Gasteiger charge is -2.39. The lowest BCUT2D eigenvalue weighted by atomic mass is 10.0. The monoisotopic (exact) mass is 590 g/mol. The molecule has 2 atom stereocenters. The second-order valence-electron chi connectivity index (χ2n) is 7.57. The van der Waals surface area contributed by atoms with Crippen LogP contribution >= 0.6 is 10.9 Å². The lowest BCUT2D eigenvalue weighted by molar-refractivity contribution is 0.629. The van der Waals surface area contributed by atoms with Crippen LogP contribution in [0.4, 0.5) is 0 Å². The van der Waals surface area contributed by atoms with Gasteiger partial charge in [-0.15, -0.1) is 0 Å². The highest BCUT2D eigenvalue weighted by atomic mass is 33.5. The Morgan fingerprint density at radius 2 is 0.941 bits per heavy atom. The van der Waals surface area contributed by atoms with Crippen LogP contribution in [-0.2, 0) is 61.3 Å². The topological polar surface area (TPSA) is 18.5 Å². The molecule has 2 heterocycles. The van der Waals surface area contributed by atoms with E-state index in [0.717, 1.165) is 44.4 Å². The van der Waals surface area contributed by atoms with Crippen molar-refractivity contribution in [1.29, 1.82) is 0 Å². The summed E-state index contributed by atoms with van der Waals surface area (Å²) in [4.78, 5) is 0. The first-order valence-corrected chi connectivity index (χ1v) is 21.7. The van der Waals surface area contributed by atoms with Gasteiger partial charge in [-0.25, -0.2) is 0 Å². The minimum absolute atomic E-state index is 0.683. The average Bonchev–Trinajstić information content (AvgIpc) is 2.87. The minimum Gasteiger partial charge on any atom is -0.452 e. The number of rotatable bonds is 2. The van der Waals surface area contributed by atoms with E-state index < -0.39 is 19.6 Å². The Morgan fingerprint density at radius 1 is 0.559 bits per heavy atom. The van der Waals surface area contributed by atoms with Crippen molar-refractivity contribution in [2.45, 2.75) is 0 Å². The Balaban J connectivity index is 1.66. The fraction of sp³-hybridized carbons (Fsp3) is 0. The second-order valence-corrected chi connectivity index (χ2v) is 28.0. The summed E-state index contributed by atoms with van der Waals surface area (Å²) in [5.41, 5.74) is -1.06. The Bertz CT molecular complexity index is 1580. The van der Waals surface area contributed by atoms with Crippen molar-refractivity contribution in [3.8, 4) is 33.8 Å². The molecule has 0 N–H and O–H groups in total. The molecule has 0 amide bonds. The van der Waals surface area contributed by atoms with Crippen LogP contribution in [0.25, 0.3) is 22.3 Å². The van der Waals surface area contributed by atoms with Gasteiger partial charge in [-0.2, -0.15) is 0 Å². The molecule has 6 rings (SSSR count). The molecule has 2 aliphatic rings. The third-order valence-corrected chi connectivity index (χ3v) is 36.4. The predicted molar refractivity (Wildman–Crippen MR) is 162 cm³/mol. The molecule has 0 radical (unpaired) electrons. The van der Waals surface area contributed by atoms with E-state index in [4.69, 9.17) is 43.8 Å². The zero-order valence-corrected chi connectivity index (χ0v) is 24.1. The van der Waals surface area contributed by atoms with Crippen molar-refractivity contribution in [3.63, 3.8) is 0 Å². The zero-order chi connectivity index (χ0) is 23.3. The van der Waals surface area contributed by atoms with Gasteiger partial charge in [-0.3, -0.25) is 0 Å². The van der Waals surface area contributed by atoms with Gasteiger partial charge in [0.05, 0.1) is 0 Å². The summed E-state index contributed by atoms with van der Waals surface area (Å²) in [7, 11) is 2.16. The molecule has 2 nitrogen and oxygen atoms in total. The van der Waals surface area contributed by atoms with Crippen molar-refractivity contribution < 1.29 is 9.05 Å². The SMILES string of the molecule is S=S=S=S(P1(=S)Oc2ccccc2-c2ccccc21)P1(=S)Oc2ccccc2-c2ccccc21. The van der Waals surface area contributed by atoms with Gasteiger partial charge in [0.2, 0.25) is 10.9 Å². The molecule has 0 saturated heterocycles. The van der Waals surface area contributed by atoms with E-state index in [9.17, 15) is 0 Å². The molecule has 0 spiro atoms. The fourth-order valence-electron chi connectivity index (χ4n) is 4.25. The summed E-state index contributed by atoms with van der Waals surface area (Å²) in [5.74, 6) is 1.62. The van der Waals surface area contributed by atoms with Gasteiger partial charge < -0.3 is 9.05 Å². The molecule has 2 unspecified atom stereocenters. The van der Waals surface area contributed by atoms with E-state index in [-0.39, 0.29) is 0 Å². The first-order chi connectivity index (χ1) is 16.6. The first kappa shape index (κ1) is 23.2. The third kappa shape index (κ3) is 3.55. The molecule has 0 aliphatic carbocycles. The number of fused-ring (bicyclic) bond motifs is 6. The van der Waals surface area contributed by atoms with E-state index in [2.05, 4.69) is 48.5 Å². The van der Waals surface area contributed by atoms with E-state index >= 15 is 0 Å². The Kier molecular flexibility index (Phi) is 6.16. The van der Waals surface area contributed by atoms with Crippen LogP contribution in [0.2, 0.25) is 0 Å². The van der Waals surface area contributed by atoms with E-state index in [1.54, 1.807) is 8.88 Å². The van der Waals surface area contributed by atoms with Gasteiger partial charge in [0.15, 0.2) is 0 Å². The molecular weight excluding hydrogens is 575 g/mol. The van der Waals surface area contributed by atoms with Crippen LogP contribution in [0, 0.1) is 0 Å². The van der Waals surface area contributed by atoms with Crippen LogP contribution in [-0.4, -0.2) is 0 Å². The van der Waals surface area contributed by atoms with Crippen molar-refractivity contribution in [2.75, 3.05) is 0 Å². The second kappa shape index (κ2) is 9.02. The van der Waals surface area contributed by atoms with Crippen LogP contribution in [0.5, 0.6) is 11.5 Å². The Morgan fingerprint density at radius 3 is 1.38 bits per heavy atom. The van der Waals surface area contributed by atoms with Crippen molar-refractivity contribution >= 4 is 82.8 Å². The largest absolute Gasteiger partial charge is 0.452 e. The molecule has 2 aliphatic heterocycles. The molecule has 34 heavy (non-hydrogen) atoms. The molecule has 0 saturated carbocycles. The van der Waals surface area contributed by atoms with Crippen molar-refractivity contribution in [2.24, 2.45) is 0 Å². The number of hydrogen-bond donors (Lipinski definition) is 0. The summed E-state index contributed by atoms with van der Waals surface area (Å²) in [6, 6.07) is 32.8. The van der Waals surface area contributed by atoms with E-state index in [0.29, 0.717) is 0 Å². The quantitative estimate of drug-likeness (QED) is 0.249. The van der Waals surface area contributed by atoms with Gasteiger partial charge >= 0.3 is 0 Å².